The molecule has 0 aliphatic carbocycles. The summed E-state index contributed by atoms with van der Waals surface area (Å²) in [5.74, 6) is 0.00347. The number of ether oxygens (including phenoxy) is 1. The summed E-state index contributed by atoms with van der Waals surface area (Å²) in [6, 6.07) is 0. The average Bonchev–Trinajstić information content (AvgIpc) is 2.16. The van der Waals surface area contributed by atoms with Gasteiger partial charge in [0.2, 0.25) is 0 Å². The van der Waals surface area contributed by atoms with Gasteiger partial charge in [-0.15, -0.1) is 0 Å². The second kappa shape index (κ2) is 5.18. The van der Waals surface area contributed by atoms with Gasteiger partial charge in [0.1, 0.15) is 6.10 Å². The van der Waals surface area contributed by atoms with Crippen LogP contribution in [-0.2, 0) is 9.53 Å². The topological polar surface area (TPSA) is 26.3 Å². The van der Waals surface area contributed by atoms with Gasteiger partial charge in [-0.3, -0.25) is 4.79 Å². The Hall–Kier alpha value is -0.530. The van der Waals surface area contributed by atoms with E-state index < -0.39 is 0 Å². The summed E-state index contributed by atoms with van der Waals surface area (Å²) in [6.45, 7) is 2.08. The number of esters is 1. The molecular formula is C10H18O2. The third-order valence-electron chi connectivity index (χ3n) is 2.41. The fourth-order valence-electron chi connectivity index (χ4n) is 1.59. The highest BCUT2D eigenvalue weighted by atomic mass is 16.5. The van der Waals surface area contributed by atoms with E-state index in [1.807, 2.05) is 0 Å². The van der Waals surface area contributed by atoms with Crippen LogP contribution in [0.25, 0.3) is 0 Å². The van der Waals surface area contributed by atoms with E-state index in [0.29, 0.717) is 6.42 Å². The quantitative estimate of drug-likeness (QED) is 0.565. The molecule has 1 rings (SSSR count). The van der Waals surface area contributed by atoms with Crippen LogP contribution in [-0.4, -0.2) is 12.1 Å². The molecule has 0 aromatic carbocycles. The zero-order valence-electron chi connectivity index (χ0n) is 7.84. The minimum atomic E-state index is 0.00347. The first kappa shape index (κ1) is 9.56. The van der Waals surface area contributed by atoms with Crippen molar-refractivity contribution in [1.82, 2.24) is 0 Å². The summed E-state index contributed by atoms with van der Waals surface area (Å²) in [4.78, 5) is 11.1. The maximum Gasteiger partial charge on any atom is 0.306 e. The van der Waals surface area contributed by atoms with Gasteiger partial charge in [0.15, 0.2) is 0 Å². The van der Waals surface area contributed by atoms with E-state index in [4.69, 9.17) is 4.74 Å². The van der Waals surface area contributed by atoms with Gasteiger partial charge in [-0.05, 0) is 25.7 Å². The fraction of sp³-hybridized carbons (Fsp3) is 0.900. The smallest absolute Gasteiger partial charge is 0.306 e. The molecule has 0 bridgehead atoms. The van der Waals surface area contributed by atoms with Gasteiger partial charge in [-0.2, -0.15) is 0 Å². The molecule has 0 amide bonds. The highest BCUT2D eigenvalue weighted by Gasteiger charge is 2.13. The lowest BCUT2D eigenvalue weighted by molar-refractivity contribution is -0.149. The fourth-order valence-corrected chi connectivity index (χ4v) is 1.59. The van der Waals surface area contributed by atoms with Gasteiger partial charge in [0.05, 0.1) is 0 Å². The van der Waals surface area contributed by atoms with Crippen molar-refractivity contribution in [1.29, 1.82) is 0 Å². The largest absolute Gasteiger partial charge is 0.462 e. The second-order valence-corrected chi connectivity index (χ2v) is 3.47. The molecule has 0 N–H and O–H groups in total. The lowest BCUT2D eigenvalue weighted by atomic mass is 10.1. The van der Waals surface area contributed by atoms with Gasteiger partial charge >= 0.3 is 5.97 Å². The average molecular weight is 170 g/mol. The SMILES string of the molecule is CC[C@@H]1CCCCCCC(=O)O1. The molecule has 70 valence electrons. The number of carbonyl (C=O) groups excluding carboxylic acids is 1. The van der Waals surface area contributed by atoms with Crippen LogP contribution in [0.4, 0.5) is 0 Å². The first-order chi connectivity index (χ1) is 5.83. The molecule has 1 fully saturated rings. The van der Waals surface area contributed by atoms with Crippen LogP contribution < -0.4 is 0 Å². The number of carbonyl (C=O) groups is 1. The number of rotatable bonds is 1. The molecule has 1 heterocycles. The first-order valence-electron chi connectivity index (χ1n) is 5.02. The molecule has 0 aromatic rings. The van der Waals surface area contributed by atoms with Crippen molar-refractivity contribution in [2.45, 2.75) is 58.0 Å². The molecule has 0 radical (unpaired) electrons. The predicted molar refractivity (Wildman–Crippen MR) is 47.9 cm³/mol. The van der Waals surface area contributed by atoms with E-state index in [-0.39, 0.29) is 12.1 Å². The Balaban J connectivity index is 2.37. The zero-order chi connectivity index (χ0) is 8.81. The number of hydrogen-bond donors (Lipinski definition) is 0. The van der Waals surface area contributed by atoms with Crippen molar-refractivity contribution in [3.8, 4) is 0 Å². The Morgan fingerprint density at radius 2 is 2.08 bits per heavy atom. The molecule has 0 spiro atoms. The lowest BCUT2D eigenvalue weighted by Crippen LogP contribution is -2.16. The van der Waals surface area contributed by atoms with Crippen LogP contribution in [0.3, 0.4) is 0 Å². The summed E-state index contributed by atoms with van der Waals surface area (Å²) < 4.78 is 5.28. The number of cyclic esters (lactones) is 1. The van der Waals surface area contributed by atoms with E-state index in [9.17, 15) is 4.79 Å². The van der Waals surface area contributed by atoms with Crippen LogP contribution >= 0.6 is 0 Å². The molecule has 1 aliphatic heterocycles. The maximum atomic E-state index is 11.1. The molecule has 0 saturated carbocycles. The van der Waals surface area contributed by atoms with Crippen molar-refractivity contribution < 1.29 is 9.53 Å². The van der Waals surface area contributed by atoms with Crippen LogP contribution in [0.2, 0.25) is 0 Å². The summed E-state index contributed by atoms with van der Waals surface area (Å²) in [5, 5.41) is 0. The Kier molecular flexibility index (Phi) is 4.12. The van der Waals surface area contributed by atoms with Gasteiger partial charge in [0.25, 0.3) is 0 Å². The third-order valence-corrected chi connectivity index (χ3v) is 2.41. The highest BCUT2D eigenvalue weighted by molar-refractivity contribution is 5.69. The molecule has 12 heavy (non-hydrogen) atoms. The third kappa shape index (κ3) is 3.24. The minimum absolute atomic E-state index is 0.00347. The summed E-state index contributed by atoms with van der Waals surface area (Å²) in [7, 11) is 0. The van der Waals surface area contributed by atoms with Crippen LogP contribution in [0.1, 0.15) is 51.9 Å². The van der Waals surface area contributed by atoms with E-state index in [1.54, 1.807) is 0 Å². The molecule has 0 aromatic heterocycles. The molecule has 1 saturated heterocycles. The van der Waals surface area contributed by atoms with Crippen molar-refractivity contribution in [2.24, 2.45) is 0 Å². The Morgan fingerprint density at radius 1 is 1.33 bits per heavy atom. The summed E-state index contributed by atoms with van der Waals surface area (Å²) >= 11 is 0. The Morgan fingerprint density at radius 3 is 2.83 bits per heavy atom. The zero-order valence-corrected chi connectivity index (χ0v) is 7.84. The van der Waals surface area contributed by atoms with E-state index >= 15 is 0 Å². The number of hydrogen-bond acceptors (Lipinski definition) is 2. The predicted octanol–water partition coefficient (Wildman–Crippen LogP) is 2.66. The van der Waals surface area contributed by atoms with Gasteiger partial charge in [-0.1, -0.05) is 19.8 Å². The molecule has 1 aliphatic rings. The van der Waals surface area contributed by atoms with Crippen molar-refractivity contribution in [2.75, 3.05) is 0 Å². The molecular weight excluding hydrogens is 152 g/mol. The molecule has 1 atom stereocenters. The first-order valence-corrected chi connectivity index (χ1v) is 5.02. The van der Waals surface area contributed by atoms with Crippen LogP contribution in [0.5, 0.6) is 0 Å². The van der Waals surface area contributed by atoms with Crippen molar-refractivity contribution in [3.63, 3.8) is 0 Å². The van der Waals surface area contributed by atoms with Gasteiger partial charge in [-0.25, -0.2) is 0 Å². The van der Waals surface area contributed by atoms with Crippen molar-refractivity contribution in [3.05, 3.63) is 0 Å². The van der Waals surface area contributed by atoms with Crippen molar-refractivity contribution >= 4 is 5.97 Å². The van der Waals surface area contributed by atoms with E-state index in [2.05, 4.69) is 6.92 Å². The normalized spacial score (nSPS) is 26.8. The monoisotopic (exact) mass is 170 g/mol. The van der Waals surface area contributed by atoms with Crippen LogP contribution in [0, 0.1) is 0 Å². The van der Waals surface area contributed by atoms with E-state index in [1.165, 1.54) is 19.3 Å². The maximum absolute atomic E-state index is 11.1. The summed E-state index contributed by atoms with van der Waals surface area (Å²) in [5.41, 5.74) is 0. The van der Waals surface area contributed by atoms with Gasteiger partial charge in [0, 0.05) is 6.42 Å². The molecule has 2 nitrogen and oxygen atoms in total. The summed E-state index contributed by atoms with van der Waals surface area (Å²) in [6.07, 6.45) is 7.50. The Labute approximate surface area is 74.3 Å². The molecule has 2 heteroatoms. The Bertz CT molecular complexity index is 143. The van der Waals surface area contributed by atoms with Crippen LogP contribution in [0.15, 0.2) is 0 Å². The highest BCUT2D eigenvalue weighted by Crippen LogP contribution is 2.16. The second-order valence-electron chi connectivity index (χ2n) is 3.47. The standard InChI is InChI=1S/C10H18O2/c1-2-9-7-5-3-4-6-8-10(11)12-9/h9H,2-8H2,1H3/t9-/m1/s1. The molecule has 0 unspecified atom stereocenters. The van der Waals surface area contributed by atoms with Gasteiger partial charge < -0.3 is 4.74 Å². The van der Waals surface area contributed by atoms with E-state index in [0.717, 1.165) is 19.3 Å². The minimum Gasteiger partial charge on any atom is -0.462 e. The lowest BCUT2D eigenvalue weighted by Gasteiger charge is -2.13.